The third kappa shape index (κ3) is 2.67. The van der Waals surface area contributed by atoms with Crippen LogP contribution in [0.4, 0.5) is 0 Å². The molecule has 0 saturated heterocycles. The highest BCUT2D eigenvalue weighted by atomic mass is 16.5. The molecule has 126 valence electrons. The highest BCUT2D eigenvalue weighted by Gasteiger charge is 2.24. The van der Waals surface area contributed by atoms with E-state index in [1.807, 2.05) is 18.2 Å². The summed E-state index contributed by atoms with van der Waals surface area (Å²) in [6.45, 7) is 1.16. The molecule has 2 heterocycles. The van der Waals surface area contributed by atoms with Crippen molar-refractivity contribution in [2.24, 2.45) is 0 Å². The van der Waals surface area contributed by atoms with Gasteiger partial charge in [0.2, 0.25) is 5.43 Å². The molecule has 0 atom stereocenters. The Kier molecular flexibility index (Phi) is 3.76. The van der Waals surface area contributed by atoms with Gasteiger partial charge in [-0.1, -0.05) is 24.3 Å². The molecule has 0 bridgehead atoms. The van der Waals surface area contributed by atoms with Gasteiger partial charge in [-0.25, -0.2) is 0 Å². The quantitative estimate of drug-likeness (QED) is 0.784. The lowest BCUT2D eigenvalue weighted by atomic mass is 9.99. The summed E-state index contributed by atoms with van der Waals surface area (Å²) in [5, 5.41) is 0.490. The van der Waals surface area contributed by atoms with Gasteiger partial charge in [0.05, 0.1) is 12.6 Å². The van der Waals surface area contributed by atoms with Crippen LogP contribution in [-0.2, 0) is 13.0 Å². The first-order valence-electron chi connectivity index (χ1n) is 8.23. The zero-order valence-corrected chi connectivity index (χ0v) is 13.9. The van der Waals surface area contributed by atoms with Gasteiger partial charge in [-0.3, -0.25) is 9.59 Å². The number of hydrogen-bond acceptors (Lipinski definition) is 3. The van der Waals surface area contributed by atoms with Crippen molar-refractivity contribution in [3.8, 4) is 5.75 Å². The Balaban J connectivity index is 1.69. The second kappa shape index (κ2) is 6.09. The minimum Gasteiger partial charge on any atom is -0.497 e. The summed E-state index contributed by atoms with van der Waals surface area (Å²) in [6.07, 6.45) is 2.32. The Hall–Kier alpha value is -3.08. The van der Waals surface area contributed by atoms with E-state index in [1.54, 1.807) is 30.2 Å². The first-order valence-corrected chi connectivity index (χ1v) is 8.23. The third-order valence-corrected chi connectivity index (χ3v) is 4.74. The molecule has 0 radical (unpaired) electrons. The predicted octanol–water partition coefficient (Wildman–Crippen LogP) is 2.74. The summed E-state index contributed by atoms with van der Waals surface area (Å²) >= 11 is 0. The lowest BCUT2D eigenvalue weighted by molar-refractivity contribution is 0.0733. The van der Waals surface area contributed by atoms with Crippen molar-refractivity contribution in [3.05, 3.63) is 75.6 Å². The van der Waals surface area contributed by atoms with E-state index in [2.05, 4.69) is 11.1 Å². The number of hydrogen-bond donors (Lipinski definition) is 1. The smallest absolute Gasteiger partial charge is 0.259 e. The molecule has 0 aliphatic carbocycles. The molecular weight excluding hydrogens is 316 g/mol. The average molecular weight is 334 g/mol. The van der Waals surface area contributed by atoms with Crippen LogP contribution < -0.4 is 10.2 Å². The number of benzene rings is 2. The van der Waals surface area contributed by atoms with Crippen molar-refractivity contribution in [2.75, 3.05) is 13.7 Å². The number of aromatic nitrogens is 1. The molecule has 25 heavy (non-hydrogen) atoms. The van der Waals surface area contributed by atoms with E-state index >= 15 is 0 Å². The fraction of sp³-hybridized carbons (Fsp3) is 0.200. The number of amides is 1. The van der Waals surface area contributed by atoms with Crippen LogP contribution in [0.3, 0.4) is 0 Å². The summed E-state index contributed by atoms with van der Waals surface area (Å²) < 4.78 is 5.17. The second-order valence-corrected chi connectivity index (χ2v) is 6.19. The van der Waals surface area contributed by atoms with Gasteiger partial charge >= 0.3 is 0 Å². The Morgan fingerprint density at radius 1 is 1.16 bits per heavy atom. The highest BCUT2D eigenvalue weighted by molar-refractivity contribution is 5.97. The van der Waals surface area contributed by atoms with Crippen molar-refractivity contribution in [2.45, 2.75) is 13.0 Å². The van der Waals surface area contributed by atoms with Crippen molar-refractivity contribution < 1.29 is 9.53 Å². The van der Waals surface area contributed by atoms with E-state index in [-0.39, 0.29) is 16.9 Å². The van der Waals surface area contributed by atoms with E-state index in [1.165, 1.54) is 11.8 Å². The number of carbonyl (C=O) groups excluding carboxylic acids is 1. The molecule has 1 aliphatic heterocycles. The third-order valence-electron chi connectivity index (χ3n) is 4.74. The summed E-state index contributed by atoms with van der Waals surface area (Å²) in [4.78, 5) is 30.4. The van der Waals surface area contributed by atoms with Crippen molar-refractivity contribution >= 4 is 16.8 Å². The van der Waals surface area contributed by atoms with Gasteiger partial charge in [-0.2, -0.15) is 0 Å². The van der Waals surface area contributed by atoms with Gasteiger partial charge < -0.3 is 14.6 Å². The van der Waals surface area contributed by atoms with Crippen LogP contribution in [0.5, 0.6) is 5.75 Å². The largest absolute Gasteiger partial charge is 0.497 e. The van der Waals surface area contributed by atoms with Crippen LogP contribution in [0.1, 0.15) is 21.5 Å². The van der Waals surface area contributed by atoms with Gasteiger partial charge in [-0.05, 0) is 29.7 Å². The first kappa shape index (κ1) is 15.4. The number of nitrogens with one attached hydrogen (secondary N) is 1. The monoisotopic (exact) mass is 334 g/mol. The van der Waals surface area contributed by atoms with Crippen LogP contribution >= 0.6 is 0 Å². The van der Waals surface area contributed by atoms with Crippen molar-refractivity contribution in [1.29, 1.82) is 0 Å². The highest BCUT2D eigenvalue weighted by Crippen LogP contribution is 2.21. The normalized spacial score (nSPS) is 13.6. The van der Waals surface area contributed by atoms with E-state index < -0.39 is 0 Å². The molecule has 0 saturated carbocycles. The number of ether oxygens (including phenoxy) is 1. The number of pyridine rings is 1. The number of rotatable bonds is 2. The van der Waals surface area contributed by atoms with Gasteiger partial charge in [0, 0.05) is 30.7 Å². The maximum Gasteiger partial charge on any atom is 0.259 e. The fourth-order valence-electron chi connectivity index (χ4n) is 3.33. The van der Waals surface area contributed by atoms with Crippen LogP contribution in [-0.4, -0.2) is 29.4 Å². The SMILES string of the molecule is COc1ccc2c(=O)c(C(=O)N3CCc4ccccc4C3)c[nH]c2c1. The van der Waals surface area contributed by atoms with Gasteiger partial charge in [0.25, 0.3) is 5.91 Å². The van der Waals surface area contributed by atoms with Crippen LogP contribution in [0.15, 0.2) is 53.5 Å². The molecule has 1 aliphatic rings. The van der Waals surface area contributed by atoms with E-state index in [0.717, 1.165) is 12.0 Å². The van der Waals surface area contributed by atoms with Gasteiger partial charge in [0.15, 0.2) is 0 Å². The minimum atomic E-state index is -0.250. The van der Waals surface area contributed by atoms with E-state index in [9.17, 15) is 9.59 Å². The van der Waals surface area contributed by atoms with Crippen LogP contribution in [0.2, 0.25) is 0 Å². The lowest BCUT2D eigenvalue weighted by Crippen LogP contribution is -2.38. The zero-order valence-electron chi connectivity index (χ0n) is 13.9. The molecule has 1 aromatic heterocycles. The van der Waals surface area contributed by atoms with E-state index in [0.29, 0.717) is 29.7 Å². The first-order chi connectivity index (χ1) is 12.2. The standard InChI is InChI=1S/C20H18N2O3/c1-25-15-6-7-16-18(10-15)21-11-17(19(16)23)20(24)22-9-8-13-4-2-3-5-14(13)12-22/h2-7,10-11H,8-9,12H2,1H3,(H,21,23). The summed E-state index contributed by atoms with van der Waals surface area (Å²) in [7, 11) is 1.57. The average Bonchev–Trinajstić information content (AvgIpc) is 2.67. The molecule has 1 amide bonds. The molecule has 1 N–H and O–H groups in total. The number of nitrogens with zero attached hydrogens (tertiary/aromatic N) is 1. The molecule has 0 fully saturated rings. The zero-order chi connectivity index (χ0) is 17.4. The molecule has 4 rings (SSSR count). The maximum atomic E-state index is 12.9. The molecular formula is C20H18N2O3. The van der Waals surface area contributed by atoms with Crippen LogP contribution in [0, 0.1) is 0 Å². The Morgan fingerprint density at radius 3 is 2.76 bits per heavy atom. The molecule has 2 aromatic carbocycles. The molecule has 5 heteroatoms. The van der Waals surface area contributed by atoms with Crippen molar-refractivity contribution in [1.82, 2.24) is 9.88 Å². The minimum absolute atomic E-state index is 0.178. The number of aromatic amines is 1. The Labute approximate surface area is 144 Å². The second-order valence-electron chi connectivity index (χ2n) is 6.19. The number of fused-ring (bicyclic) bond motifs is 2. The Morgan fingerprint density at radius 2 is 1.96 bits per heavy atom. The number of H-pyrrole nitrogens is 1. The molecule has 3 aromatic rings. The lowest BCUT2D eigenvalue weighted by Gasteiger charge is -2.28. The van der Waals surface area contributed by atoms with Crippen molar-refractivity contribution in [3.63, 3.8) is 0 Å². The molecule has 0 spiro atoms. The summed E-state index contributed by atoms with van der Waals surface area (Å²) in [6, 6.07) is 13.3. The van der Waals surface area contributed by atoms with Gasteiger partial charge in [0.1, 0.15) is 11.3 Å². The maximum absolute atomic E-state index is 12.9. The summed E-state index contributed by atoms with van der Waals surface area (Å²) in [5.74, 6) is 0.434. The fourth-order valence-corrected chi connectivity index (χ4v) is 3.33. The van der Waals surface area contributed by atoms with Crippen LogP contribution in [0.25, 0.3) is 10.9 Å². The topological polar surface area (TPSA) is 62.4 Å². The number of carbonyl (C=O) groups is 1. The Bertz CT molecular complexity index is 1020. The van der Waals surface area contributed by atoms with Gasteiger partial charge in [-0.15, -0.1) is 0 Å². The number of methoxy groups -OCH3 is 1. The van der Waals surface area contributed by atoms with E-state index in [4.69, 9.17) is 4.74 Å². The summed E-state index contributed by atoms with van der Waals surface area (Å²) in [5.41, 5.74) is 3.00. The molecule has 5 nitrogen and oxygen atoms in total. The molecule has 0 unspecified atom stereocenters. The predicted molar refractivity (Wildman–Crippen MR) is 96.0 cm³/mol.